The number of nitrogens with one attached hydrogen (secondary N) is 2. The van der Waals surface area contributed by atoms with Gasteiger partial charge in [-0.3, -0.25) is 4.79 Å². The molecule has 0 spiro atoms. The number of hydrogen-bond donors (Lipinski definition) is 3. The van der Waals surface area contributed by atoms with Crippen LogP contribution in [-0.4, -0.2) is 35.7 Å². The molecule has 0 aromatic rings. The maximum absolute atomic E-state index is 11.9. The van der Waals surface area contributed by atoms with Crippen LogP contribution in [-0.2, 0) is 4.79 Å². The molecule has 0 aromatic carbocycles. The van der Waals surface area contributed by atoms with Gasteiger partial charge in [0, 0.05) is 12.6 Å². The van der Waals surface area contributed by atoms with Crippen molar-refractivity contribution < 1.29 is 9.90 Å². The Hall–Kier alpha value is -0.610. The summed E-state index contributed by atoms with van der Waals surface area (Å²) in [5.41, 5.74) is 0.0994. The summed E-state index contributed by atoms with van der Waals surface area (Å²) in [6.07, 6.45) is 2.36. The Bertz CT molecular complexity index is 261. The normalized spacial score (nSPS) is 16.8. The van der Waals surface area contributed by atoms with Gasteiger partial charge in [-0.1, -0.05) is 34.1 Å². The molecule has 0 bridgehead atoms. The number of carbonyl (C=O) groups is 1. The maximum Gasteiger partial charge on any atom is 0.237 e. The molecule has 0 saturated carbocycles. The van der Waals surface area contributed by atoms with E-state index in [4.69, 9.17) is 0 Å². The minimum Gasteiger partial charge on any atom is -0.392 e. The van der Waals surface area contributed by atoms with Crippen LogP contribution in [0.2, 0.25) is 0 Å². The summed E-state index contributed by atoms with van der Waals surface area (Å²) in [6.45, 7) is 12.7. The third-order valence-electron chi connectivity index (χ3n) is 3.01. The van der Waals surface area contributed by atoms with Crippen LogP contribution >= 0.6 is 0 Å². The van der Waals surface area contributed by atoms with Crippen molar-refractivity contribution in [1.82, 2.24) is 10.6 Å². The summed E-state index contributed by atoms with van der Waals surface area (Å²) < 4.78 is 0. The summed E-state index contributed by atoms with van der Waals surface area (Å²) in [5.74, 6) is 0.00362. The van der Waals surface area contributed by atoms with Gasteiger partial charge in [0.15, 0.2) is 0 Å². The lowest BCUT2D eigenvalue weighted by Gasteiger charge is -2.24. The molecule has 4 heteroatoms. The van der Waals surface area contributed by atoms with Crippen LogP contribution in [0, 0.1) is 5.41 Å². The van der Waals surface area contributed by atoms with Gasteiger partial charge in [-0.05, 0) is 32.1 Å². The Balaban J connectivity index is 3.96. The van der Waals surface area contributed by atoms with E-state index in [1.54, 1.807) is 0 Å². The smallest absolute Gasteiger partial charge is 0.237 e. The molecule has 4 nitrogen and oxygen atoms in total. The van der Waals surface area contributed by atoms with E-state index < -0.39 is 6.10 Å². The minimum atomic E-state index is -0.414. The molecule has 0 aromatic heterocycles. The molecule has 0 saturated heterocycles. The summed E-state index contributed by atoms with van der Waals surface area (Å²) >= 11 is 0. The number of carbonyl (C=O) groups excluding carboxylic acids is 1. The van der Waals surface area contributed by atoms with Crippen molar-refractivity contribution in [1.29, 1.82) is 0 Å². The third kappa shape index (κ3) is 9.91. The predicted octanol–water partition coefficient (Wildman–Crippen LogP) is 2.07. The highest BCUT2D eigenvalue weighted by molar-refractivity contribution is 5.81. The molecular weight excluding hydrogens is 240 g/mol. The van der Waals surface area contributed by atoms with E-state index in [1.807, 2.05) is 13.8 Å². The zero-order chi connectivity index (χ0) is 15.1. The van der Waals surface area contributed by atoms with Gasteiger partial charge in [-0.15, -0.1) is 0 Å². The molecular formula is C15H32N2O2. The fourth-order valence-corrected chi connectivity index (χ4v) is 2.06. The number of aliphatic hydroxyl groups excluding tert-OH is 1. The van der Waals surface area contributed by atoms with Gasteiger partial charge < -0.3 is 15.7 Å². The standard InChI is InChI=1S/C15H32N2O2/c1-7-8-11(2)17-14(19)12(3)16-10-13(18)9-15(4,5)6/h11-13,16,18H,7-10H2,1-6H3,(H,17,19). The molecule has 19 heavy (non-hydrogen) atoms. The Morgan fingerprint density at radius 1 is 1.26 bits per heavy atom. The van der Waals surface area contributed by atoms with E-state index >= 15 is 0 Å². The molecule has 114 valence electrons. The van der Waals surface area contributed by atoms with Crippen LogP contribution in [0.25, 0.3) is 0 Å². The number of aliphatic hydroxyl groups is 1. The van der Waals surface area contributed by atoms with E-state index in [2.05, 4.69) is 38.3 Å². The SMILES string of the molecule is CCCC(C)NC(=O)C(C)NCC(O)CC(C)(C)C. The topological polar surface area (TPSA) is 61.4 Å². The third-order valence-corrected chi connectivity index (χ3v) is 3.01. The van der Waals surface area contributed by atoms with Crippen molar-refractivity contribution in [3.63, 3.8) is 0 Å². The fourth-order valence-electron chi connectivity index (χ4n) is 2.06. The van der Waals surface area contributed by atoms with E-state index in [0.29, 0.717) is 6.54 Å². The first-order valence-electron chi connectivity index (χ1n) is 7.37. The van der Waals surface area contributed by atoms with E-state index in [-0.39, 0.29) is 23.4 Å². The van der Waals surface area contributed by atoms with Crippen LogP contribution in [0.4, 0.5) is 0 Å². The highest BCUT2D eigenvalue weighted by Crippen LogP contribution is 2.20. The van der Waals surface area contributed by atoms with Gasteiger partial charge in [0.25, 0.3) is 0 Å². The van der Waals surface area contributed by atoms with Gasteiger partial charge in [0.05, 0.1) is 12.1 Å². The molecule has 0 rings (SSSR count). The van der Waals surface area contributed by atoms with E-state index in [9.17, 15) is 9.90 Å². The molecule has 0 fully saturated rings. The predicted molar refractivity (Wildman–Crippen MR) is 80.1 cm³/mol. The van der Waals surface area contributed by atoms with Crippen molar-refractivity contribution in [3.8, 4) is 0 Å². The first-order chi connectivity index (χ1) is 8.65. The monoisotopic (exact) mass is 272 g/mol. The molecule has 0 radical (unpaired) electrons. The van der Waals surface area contributed by atoms with Gasteiger partial charge >= 0.3 is 0 Å². The van der Waals surface area contributed by atoms with Crippen LogP contribution in [0.15, 0.2) is 0 Å². The Kier molecular flexibility index (Phi) is 8.26. The fraction of sp³-hybridized carbons (Fsp3) is 0.933. The van der Waals surface area contributed by atoms with Crippen molar-refractivity contribution >= 4 is 5.91 Å². The van der Waals surface area contributed by atoms with Crippen molar-refractivity contribution in [2.45, 2.75) is 79.0 Å². The number of amides is 1. The number of hydrogen-bond acceptors (Lipinski definition) is 3. The molecule has 0 aliphatic carbocycles. The molecule has 3 atom stereocenters. The zero-order valence-electron chi connectivity index (χ0n) is 13.4. The van der Waals surface area contributed by atoms with Gasteiger partial charge in [0.1, 0.15) is 0 Å². The summed E-state index contributed by atoms with van der Waals surface area (Å²) in [7, 11) is 0. The largest absolute Gasteiger partial charge is 0.392 e. The van der Waals surface area contributed by atoms with Crippen LogP contribution in [0.5, 0.6) is 0 Å². The first kappa shape index (κ1) is 18.4. The lowest BCUT2D eigenvalue weighted by molar-refractivity contribution is -0.123. The van der Waals surface area contributed by atoms with Gasteiger partial charge in [-0.25, -0.2) is 0 Å². The summed E-state index contributed by atoms with van der Waals surface area (Å²) in [5, 5.41) is 15.9. The van der Waals surface area contributed by atoms with Crippen LogP contribution in [0.3, 0.4) is 0 Å². The number of rotatable bonds is 8. The molecule has 3 unspecified atom stereocenters. The van der Waals surface area contributed by atoms with Gasteiger partial charge in [0.2, 0.25) is 5.91 Å². The Morgan fingerprint density at radius 3 is 2.32 bits per heavy atom. The van der Waals surface area contributed by atoms with Crippen molar-refractivity contribution in [2.75, 3.05) is 6.54 Å². The second kappa shape index (κ2) is 8.54. The van der Waals surface area contributed by atoms with E-state index in [0.717, 1.165) is 19.3 Å². The molecule has 0 aliphatic rings. The average molecular weight is 272 g/mol. The second-order valence-corrected chi connectivity index (χ2v) is 6.75. The van der Waals surface area contributed by atoms with Gasteiger partial charge in [-0.2, -0.15) is 0 Å². The lowest BCUT2D eigenvalue weighted by atomic mass is 9.89. The molecule has 0 aliphatic heterocycles. The van der Waals surface area contributed by atoms with Crippen LogP contribution in [0.1, 0.15) is 60.8 Å². The average Bonchev–Trinajstić information content (AvgIpc) is 2.23. The van der Waals surface area contributed by atoms with Crippen molar-refractivity contribution in [3.05, 3.63) is 0 Å². The molecule has 3 N–H and O–H groups in total. The van der Waals surface area contributed by atoms with Crippen LogP contribution < -0.4 is 10.6 Å². The first-order valence-corrected chi connectivity index (χ1v) is 7.37. The summed E-state index contributed by atoms with van der Waals surface area (Å²) in [6, 6.07) is -0.0600. The highest BCUT2D eigenvalue weighted by Gasteiger charge is 2.19. The van der Waals surface area contributed by atoms with E-state index in [1.165, 1.54) is 0 Å². The Labute approximate surface area is 118 Å². The Morgan fingerprint density at radius 2 is 1.84 bits per heavy atom. The molecule has 0 heterocycles. The zero-order valence-corrected chi connectivity index (χ0v) is 13.4. The maximum atomic E-state index is 11.9. The summed E-state index contributed by atoms with van der Waals surface area (Å²) in [4.78, 5) is 11.9. The quantitative estimate of drug-likeness (QED) is 0.634. The minimum absolute atomic E-state index is 0.00362. The molecule has 1 amide bonds. The second-order valence-electron chi connectivity index (χ2n) is 6.75. The highest BCUT2D eigenvalue weighted by atomic mass is 16.3. The van der Waals surface area contributed by atoms with Crippen molar-refractivity contribution in [2.24, 2.45) is 5.41 Å². The lowest BCUT2D eigenvalue weighted by Crippen LogP contribution is -2.47.